The van der Waals surface area contributed by atoms with Gasteiger partial charge in [-0.15, -0.1) is 0 Å². The van der Waals surface area contributed by atoms with Gasteiger partial charge in [0, 0.05) is 5.69 Å². The van der Waals surface area contributed by atoms with E-state index in [1.165, 1.54) is 18.2 Å². The Morgan fingerprint density at radius 1 is 1.45 bits per heavy atom. The molecule has 1 aliphatic carbocycles. The predicted octanol–water partition coefficient (Wildman–Crippen LogP) is 2.55. The van der Waals surface area contributed by atoms with E-state index in [-0.39, 0.29) is 18.6 Å². The highest BCUT2D eigenvalue weighted by Gasteiger charge is 2.19. The van der Waals surface area contributed by atoms with Gasteiger partial charge >= 0.3 is 0 Å². The van der Waals surface area contributed by atoms with Gasteiger partial charge in [-0.1, -0.05) is 11.2 Å². The van der Waals surface area contributed by atoms with Crippen LogP contribution in [0, 0.1) is 5.82 Å². The van der Waals surface area contributed by atoms with Crippen LogP contribution in [0.2, 0.25) is 0 Å². The lowest BCUT2D eigenvalue weighted by molar-refractivity contribution is -0.122. The molecule has 0 bridgehead atoms. The first-order valence-electron chi connectivity index (χ1n) is 6.54. The molecule has 1 aromatic carbocycles. The van der Waals surface area contributed by atoms with E-state index in [1.807, 2.05) is 0 Å². The second-order valence-corrected chi connectivity index (χ2v) is 4.74. The number of hydrogen-bond donors (Lipinski definition) is 2. The van der Waals surface area contributed by atoms with Gasteiger partial charge < -0.3 is 15.3 Å². The SMILES string of the molecule is O=C(COC1CCC(=NO)CC1)Nc1cccc(F)c1. The largest absolute Gasteiger partial charge is 0.411 e. The second kappa shape index (κ2) is 7.00. The fraction of sp³-hybridized carbons (Fsp3) is 0.429. The molecule has 5 nitrogen and oxygen atoms in total. The molecule has 0 saturated heterocycles. The van der Waals surface area contributed by atoms with Gasteiger partial charge in [-0.2, -0.15) is 0 Å². The van der Waals surface area contributed by atoms with E-state index >= 15 is 0 Å². The summed E-state index contributed by atoms with van der Waals surface area (Å²) in [5.41, 5.74) is 1.19. The Morgan fingerprint density at radius 2 is 2.20 bits per heavy atom. The Labute approximate surface area is 116 Å². The summed E-state index contributed by atoms with van der Waals surface area (Å²) in [6, 6.07) is 5.71. The van der Waals surface area contributed by atoms with E-state index < -0.39 is 5.82 Å². The molecule has 20 heavy (non-hydrogen) atoms. The second-order valence-electron chi connectivity index (χ2n) is 4.74. The summed E-state index contributed by atoms with van der Waals surface area (Å²) >= 11 is 0. The zero-order valence-corrected chi connectivity index (χ0v) is 11.0. The van der Waals surface area contributed by atoms with E-state index in [0.29, 0.717) is 18.5 Å². The molecule has 0 radical (unpaired) electrons. The first-order valence-corrected chi connectivity index (χ1v) is 6.54. The van der Waals surface area contributed by atoms with Crippen LogP contribution in [0.4, 0.5) is 10.1 Å². The molecule has 6 heteroatoms. The van der Waals surface area contributed by atoms with Crippen LogP contribution in [-0.4, -0.2) is 29.5 Å². The number of carbonyl (C=O) groups is 1. The zero-order valence-electron chi connectivity index (χ0n) is 11.0. The molecule has 0 atom stereocenters. The first-order chi connectivity index (χ1) is 9.67. The summed E-state index contributed by atoms with van der Waals surface area (Å²) in [5.74, 6) is -0.705. The van der Waals surface area contributed by atoms with Crippen molar-refractivity contribution < 1.29 is 19.1 Å². The zero-order chi connectivity index (χ0) is 14.4. The van der Waals surface area contributed by atoms with Gasteiger partial charge in [0.15, 0.2) is 0 Å². The van der Waals surface area contributed by atoms with Crippen molar-refractivity contribution in [2.45, 2.75) is 31.8 Å². The van der Waals surface area contributed by atoms with Gasteiger partial charge in [0.1, 0.15) is 12.4 Å². The van der Waals surface area contributed by atoms with Crippen molar-refractivity contribution in [1.82, 2.24) is 0 Å². The number of nitrogens with one attached hydrogen (secondary N) is 1. The summed E-state index contributed by atoms with van der Waals surface area (Å²) in [7, 11) is 0. The van der Waals surface area contributed by atoms with Crippen LogP contribution in [0.5, 0.6) is 0 Å². The minimum atomic E-state index is -0.396. The predicted molar refractivity (Wildman–Crippen MR) is 72.5 cm³/mol. The molecular formula is C14H17FN2O3. The quantitative estimate of drug-likeness (QED) is 0.657. The Bertz CT molecular complexity index is 495. The Kier molecular flexibility index (Phi) is 5.06. The first kappa shape index (κ1) is 14.5. The van der Waals surface area contributed by atoms with Crippen molar-refractivity contribution in [2.75, 3.05) is 11.9 Å². The number of halogens is 1. The Balaban J connectivity index is 1.73. The minimum Gasteiger partial charge on any atom is -0.411 e. The highest BCUT2D eigenvalue weighted by molar-refractivity contribution is 5.91. The fourth-order valence-corrected chi connectivity index (χ4v) is 2.15. The van der Waals surface area contributed by atoms with Crippen LogP contribution >= 0.6 is 0 Å². The topological polar surface area (TPSA) is 70.9 Å². The summed E-state index contributed by atoms with van der Waals surface area (Å²) in [6.07, 6.45) is 2.86. The van der Waals surface area contributed by atoms with Crippen molar-refractivity contribution in [3.05, 3.63) is 30.1 Å². The average molecular weight is 280 g/mol. The third-order valence-corrected chi connectivity index (χ3v) is 3.21. The molecular weight excluding hydrogens is 263 g/mol. The van der Waals surface area contributed by atoms with Gasteiger partial charge in [0.2, 0.25) is 5.91 Å². The number of anilines is 1. The molecule has 108 valence electrons. The lowest BCUT2D eigenvalue weighted by Crippen LogP contribution is -2.26. The van der Waals surface area contributed by atoms with Gasteiger partial charge in [-0.05, 0) is 43.9 Å². The number of rotatable bonds is 4. The molecule has 0 unspecified atom stereocenters. The maximum Gasteiger partial charge on any atom is 0.250 e. The minimum absolute atomic E-state index is 0.00115. The lowest BCUT2D eigenvalue weighted by Gasteiger charge is -2.22. The van der Waals surface area contributed by atoms with Gasteiger partial charge in [0.05, 0.1) is 11.8 Å². The number of ether oxygens (including phenoxy) is 1. The number of amides is 1. The molecule has 1 fully saturated rings. The molecule has 1 aliphatic rings. The van der Waals surface area contributed by atoms with E-state index in [2.05, 4.69) is 10.5 Å². The summed E-state index contributed by atoms with van der Waals surface area (Å²) in [5, 5.41) is 14.4. The average Bonchev–Trinajstić information content (AvgIpc) is 2.46. The normalized spacial score (nSPS) is 18.6. The maximum absolute atomic E-state index is 13.0. The maximum atomic E-state index is 13.0. The Morgan fingerprint density at radius 3 is 2.85 bits per heavy atom. The van der Waals surface area contributed by atoms with Crippen LogP contribution < -0.4 is 5.32 Å². The van der Waals surface area contributed by atoms with Crippen molar-refractivity contribution in [3.63, 3.8) is 0 Å². The number of benzene rings is 1. The molecule has 2 rings (SSSR count). The van der Waals surface area contributed by atoms with Crippen LogP contribution in [0.25, 0.3) is 0 Å². The molecule has 1 aromatic rings. The van der Waals surface area contributed by atoms with Gasteiger partial charge in [0.25, 0.3) is 0 Å². The number of hydrogen-bond acceptors (Lipinski definition) is 4. The van der Waals surface area contributed by atoms with Crippen LogP contribution in [0.1, 0.15) is 25.7 Å². The van der Waals surface area contributed by atoms with E-state index in [1.54, 1.807) is 6.07 Å². The molecule has 0 spiro atoms. The highest BCUT2D eigenvalue weighted by Crippen LogP contribution is 2.19. The standard InChI is InChI=1S/C14H17FN2O3/c15-10-2-1-3-12(8-10)16-14(18)9-20-13-6-4-11(17-19)5-7-13/h1-3,8,13,19H,4-7,9H2,(H,16,18). The molecule has 0 aliphatic heterocycles. The van der Waals surface area contributed by atoms with Crippen molar-refractivity contribution >= 4 is 17.3 Å². The fourth-order valence-electron chi connectivity index (χ4n) is 2.15. The smallest absolute Gasteiger partial charge is 0.250 e. The lowest BCUT2D eigenvalue weighted by atomic mass is 9.96. The molecule has 0 heterocycles. The number of oxime groups is 1. The van der Waals surface area contributed by atoms with Gasteiger partial charge in [-0.25, -0.2) is 4.39 Å². The Hall–Kier alpha value is -1.95. The summed E-state index contributed by atoms with van der Waals surface area (Å²) < 4.78 is 18.4. The summed E-state index contributed by atoms with van der Waals surface area (Å²) in [6.45, 7) is -0.0627. The number of nitrogens with zero attached hydrogens (tertiary/aromatic N) is 1. The van der Waals surface area contributed by atoms with Crippen molar-refractivity contribution in [2.24, 2.45) is 5.16 Å². The highest BCUT2D eigenvalue weighted by atomic mass is 19.1. The van der Waals surface area contributed by atoms with Crippen LogP contribution in [0.15, 0.2) is 29.4 Å². The molecule has 0 aromatic heterocycles. The molecule has 1 amide bonds. The molecule has 2 N–H and O–H groups in total. The third kappa shape index (κ3) is 4.31. The third-order valence-electron chi connectivity index (χ3n) is 3.21. The van der Waals surface area contributed by atoms with Crippen molar-refractivity contribution in [3.8, 4) is 0 Å². The van der Waals surface area contributed by atoms with Gasteiger partial charge in [-0.3, -0.25) is 4.79 Å². The number of carbonyl (C=O) groups excluding carboxylic acids is 1. The van der Waals surface area contributed by atoms with Crippen LogP contribution in [0.3, 0.4) is 0 Å². The van der Waals surface area contributed by atoms with E-state index in [9.17, 15) is 9.18 Å². The van der Waals surface area contributed by atoms with Crippen molar-refractivity contribution in [1.29, 1.82) is 0 Å². The van der Waals surface area contributed by atoms with Crippen LogP contribution in [-0.2, 0) is 9.53 Å². The monoisotopic (exact) mass is 280 g/mol. The molecule has 1 saturated carbocycles. The summed E-state index contributed by atoms with van der Waals surface area (Å²) in [4.78, 5) is 11.7. The van der Waals surface area contributed by atoms with E-state index in [0.717, 1.165) is 18.6 Å². The van der Waals surface area contributed by atoms with E-state index in [4.69, 9.17) is 9.94 Å².